The van der Waals surface area contributed by atoms with E-state index in [1.165, 1.54) is 16.8 Å². The molecule has 0 aliphatic rings. The van der Waals surface area contributed by atoms with Gasteiger partial charge in [-0.2, -0.15) is 0 Å². The van der Waals surface area contributed by atoms with Crippen molar-refractivity contribution >= 4 is 57.7 Å². The number of nitrogens with zero attached hydrogens (tertiary/aromatic N) is 1. The van der Waals surface area contributed by atoms with E-state index in [1.807, 2.05) is 24.3 Å². The smallest absolute Gasteiger partial charge is 0.294 e. The number of halogens is 1. The summed E-state index contributed by atoms with van der Waals surface area (Å²) in [5.41, 5.74) is 2.42. The van der Waals surface area contributed by atoms with Gasteiger partial charge in [0, 0.05) is 5.39 Å². The Morgan fingerprint density at radius 2 is 2.18 bits per heavy atom. The van der Waals surface area contributed by atoms with Crippen LogP contribution in [0.2, 0.25) is 11.2 Å². The molecule has 22 heavy (non-hydrogen) atoms. The highest BCUT2D eigenvalue weighted by Gasteiger charge is 2.15. The number of benzene rings is 1. The van der Waals surface area contributed by atoms with Crippen molar-refractivity contribution in [3.05, 3.63) is 45.0 Å². The molecule has 3 aromatic heterocycles. The summed E-state index contributed by atoms with van der Waals surface area (Å²) in [4.78, 5) is 20.5. The highest BCUT2D eigenvalue weighted by Crippen LogP contribution is 2.30. The second-order valence-corrected chi connectivity index (χ2v) is 6.70. The van der Waals surface area contributed by atoms with Crippen molar-refractivity contribution < 1.29 is 4.42 Å². The van der Waals surface area contributed by atoms with Crippen molar-refractivity contribution in [1.29, 1.82) is 0 Å². The first-order chi connectivity index (χ1) is 10.7. The number of hydrogen-bond donors (Lipinski definition) is 1. The molecule has 108 valence electrons. The Kier molecular flexibility index (Phi) is 3.09. The van der Waals surface area contributed by atoms with Crippen LogP contribution in [-0.4, -0.2) is 17.2 Å². The first-order valence-electron chi connectivity index (χ1n) is 6.87. The minimum Gasteiger partial charge on any atom is -0.449 e. The largest absolute Gasteiger partial charge is 0.449 e. The Hall–Kier alpha value is -2.05. The zero-order valence-electron chi connectivity index (χ0n) is 11.6. The summed E-state index contributed by atoms with van der Waals surface area (Å²) >= 11 is 7.34. The van der Waals surface area contributed by atoms with Crippen LogP contribution < -0.4 is 11.0 Å². The normalized spacial score (nSPS) is 11.4. The van der Waals surface area contributed by atoms with Gasteiger partial charge in [-0.15, -0.1) is 11.3 Å². The Morgan fingerprint density at radius 1 is 1.32 bits per heavy atom. The van der Waals surface area contributed by atoms with Crippen LogP contribution in [-0.2, 0) is 0 Å². The summed E-state index contributed by atoms with van der Waals surface area (Å²) < 4.78 is 6.31. The van der Waals surface area contributed by atoms with Gasteiger partial charge in [0.05, 0.1) is 9.21 Å². The second-order valence-electron chi connectivity index (χ2n) is 4.98. The van der Waals surface area contributed by atoms with Crippen LogP contribution in [0.15, 0.2) is 39.5 Å². The third-order valence-corrected chi connectivity index (χ3v) is 4.84. The molecule has 0 saturated carbocycles. The molecule has 0 radical (unpaired) electrons. The van der Waals surface area contributed by atoms with E-state index in [4.69, 9.17) is 16.0 Å². The van der Waals surface area contributed by atoms with Crippen molar-refractivity contribution in [2.24, 2.45) is 0 Å². The molecule has 0 spiro atoms. The van der Waals surface area contributed by atoms with E-state index < -0.39 is 0 Å². The first-order valence-corrected chi connectivity index (χ1v) is 8.06. The van der Waals surface area contributed by atoms with E-state index in [0.29, 0.717) is 21.3 Å². The summed E-state index contributed by atoms with van der Waals surface area (Å²) in [5.74, 6) is 0.513. The molecular weight excluding hydrogens is 319 g/mol. The lowest BCUT2D eigenvalue weighted by atomic mass is 9.73. The fraction of sp³-hybridized carbons (Fsp3) is 0.0667. The molecule has 0 bridgehead atoms. The number of aromatic amines is 1. The van der Waals surface area contributed by atoms with Gasteiger partial charge in [0.15, 0.2) is 13.1 Å². The molecule has 7 heteroatoms. The summed E-state index contributed by atoms with van der Waals surface area (Å²) in [6, 6.07) is 9.54. The number of hydrogen-bond acceptors (Lipinski definition) is 4. The molecule has 1 N–H and O–H groups in total. The third kappa shape index (κ3) is 2.07. The number of rotatable bonds is 2. The molecule has 4 nitrogen and oxygen atoms in total. The fourth-order valence-electron chi connectivity index (χ4n) is 2.48. The van der Waals surface area contributed by atoms with E-state index in [-0.39, 0.29) is 11.1 Å². The van der Waals surface area contributed by atoms with Crippen LogP contribution >= 0.6 is 22.9 Å². The Bertz CT molecular complexity index is 1070. The van der Waals surface area contributed by atoms with Gasteiger partial charge in [0.25, 0.3) is 5.56 Å². The maximum Gasteiger partial charge on any atom is 0.294 e. The van der Waals surface area contributed by atoms with Crippen LogP contribution in [0.4, 0.5) is 0 Å². The SMILES string of the molecule is CBc1ccc2oc3c(=O)[nH]c(-c4ccc(Cl)s4)nc3c2c1. The third-order valence-electron chi connectivity index (χ3n) is 3.60. The summed E-state index contributed by atoms with van der Waals surface area (Å²) in [6.45, 7) is 2.09. The second kappa shape index (κ2) is 5.00. The van der Waals surface area contributed by atoms with E-state index in [2.05, 4.69) is 16.8 Å². The lowest BCUT2D eigenvalue weighted by Crippen LogP contribution is -2.09. The van der Waals surface area contributed by atoms with E-state index in [1.54, 1.807) is 6.07 Å². The highest BCUT2D eigenvalue weighted by molar-refractivity contribution is 7.19. The number of thiophene rings is 1. The quantitative estimate of drug-likeness (QED) is 0.575. The minimum absolute atomic E-state index is 0.259. The Morgan fingerprint density at radius 3 is 2.91 bits per heavy atom. The van der Waals surface area contributed by atoms with Crippen LogP contribution in [0.5, 0.6) is 0 Å². The molecule has 0 saturated heterocycles. The molecule has 3 heterocycles. The lowest BCUT2D eigenvalue weighted by Gasteiger charge is -1.97. The van der Waals surface area contributed by atoms with Gasteiger partial charge in [-0.3, -0.25) is 4.79 Å². The Balaban J connectivity index is 2.06. The fourth-order valence-corrected chi connectivity index (χ4v) is 3.47. The monoisotopic (exact) mass is 328 g/mol. The van der Waals surface area contributed by atoms with Gasteiger partial charge >= 0.3 is 0 Å². The molecule has 4 aromatic rings. The Labute approximate surface area is 135 Å². The molecule has 1 aromatic carbocycles. The number of H-pyrrole nitrogens is 1. The molecule has 0 aliphatic heterocycles. The zero-order valence-corrected chi connectivity index (χ0v) is 13.2. The van der Waals surface area contributed by atoms with Crippen molar-refractivity contribution in [1.82, 2.24) is 9.97 Å². The topological polar surface area (TPSA) is 58.9 Å². The van der Waals surface area contributed by atoms with Crippen LogP contribution in [0.25, 0.3) is 32.8 Å². The summed E-state index contributed by atoms with van der Waals surface area (Å²) in [5, 5.41) is 0.865. The minimum atomic E-state index is -0.279. The molecule has 0 aliphatic carbocycles. The molecule has 0 unspecified atom stereocenters. The average Bonchev–Trinajstić information content (AvgIpc) is 3.11. The van der Waals surface area contributed by atoms with Crippen molar-refractivity contribution in [3.8, 4) is 10.7 Å². The van der Waals surface area contributed by atoms with E-state index in [9.17, 15) is 4.79 Å². The van der Waals surface area contributed by atoms with Gasteiger partial charge in [-0.1, -0.05) is 36.0 Å². The van der Waals surface area contributed by atoms with E-state index >= 15 is 0 Å². The van der Waals surface area contributed by atoms with Gasteiger partial charge < -0.3 is 9.40 Å². The number of aromatic nitrogens is 2. The first kappa shape index (κ1) is 13.6. The van der Waals surface area contributed by atoms with Crippen molar-refractivity contribution in [3.63, 3.8) is 0 Å². The maximum atomic E-state index is 12.3. The van der Waals surface area contributed by atoms with Gasteiger partial charge in [0.2, 0.25) is 5.58 Å². The summed E-state index contributed by atoms with van der Waals surface area (Å²) in [7, 11) is 0.916. The molecular formula is C15H10BClN2O2S. The summed E-state index contributed by atoms with van der Waals surface area (Å²) in [6.07, 6.45) is 0. The van der Waals surface area contributed by atoms with Crippen molar-refractivity contribution in [2.75, 3.05) is 0 Å². The predicted molar refractivity (Wildman–Crippen MR) is 93.1 cm³/mol. The highest BCUT2D eigenvalue weighted by atomic mass is 35.5. The van der Waals surface area contributed by atoms with Crippen LogP contribution in [0.3, 0.4) is 0 Å². The average molecular weight is 329 g/mol. The number of fused-ring (bicyclic) bond motifs is 3. The van der Waals surface area contributed by atoms with Gasteiger partial charge in [0.1, 0.15) is 11.1 Å². The zero-order chi connectivity index (χ0) is 15.3. The van der Waals surface area contributed by atoms with Crippen LogP contribution in [0, 0.1) is 0 Å². The van der Waals surface area contributed by atoms with Crippen LogP contribution in [0.1, 0.15) is 0 Å². The van der Waals surface area contributed by atoms with E-state index in [0.717, 1.165) is 17.5 Å². The van der Waals surface area contributed by atoms with Crippen molar-refractivity contribution in [2.45, 2.75) is 6.82 Å². The molecule has 0 amide bonds. The van der Waals surface area contributed by atoms with Gasteiger partial charge in [-0.05, 0) is 18.2 Å². The maximum absolute atomic E-state index is 12.3. The standard InChI is InChI=1S/C15H10BClN2O2S/c1-16-7-2-3-9-8(6-7)12-13(21-9)15(20)19-14(18-12)10-4-5-11(17)22-10/h2-6,16H,1H3,(H,18,19,20). The number of furan rings is 1. The molecule has 0 atom stereocenters. The number of nitrogens with one attached hydrogen (secondary N) is 1. The molecule has 4 rings (SSSR count). The lowest BCUT2D eigenvalue weighted by molar-refractivity contribution is 0.661. The van der Waals surface area contributed by atoms with Gasteiger partial charge in [-0.25, -0.2) is 4.98 Å². The predicted octanol–water partition coefficient (Wildman–Crippen LogP) is 3.16. The molecule has 0 fully saturated rings.